The number of carbonyl (C=O) groups excluding carboxylic acids is 1. The van der Waals surface area contributed by atoms with Crippen molar-refractivity contribution in [3.05, 3.63) is 42.0 Å². The molecule has 3 rings (SSSR count). The molecule has 0 aliphatic carbocycles. The van der Waals surface area contributed by atoms with Crippen molar-refractivity contribution in [1.29, 1.82) is 0 Å². The van der Waals surface area contributed by atoms with Crippen molar-refractivity contribution >= 4 is 16.7 Å². The van der Waals surface area contributed by atoms with Crippen molar-refractivity contribution in [1.82, 2.24) is 5.32 Å². The number of carbonyl (C=O) groups is 1. The first-order valence-corrected chi connectivity index (χ1v) is 8.49. The summed E-state index contributed by atoms with van der Waals surface area (Å²) in [5.41, 5.74) is 0.334. The lowest BCUT2D eigenvalue weighted by atomic mass is 10.1. The maximum Gasteiger partial charge on any atom is 0.255 e. The number of quaternary nitrogens is 1. The Morgan fingerprint density at radius 2 is 1.84 bits per heavy atom. The van der Waals surface area contributed by atoms with Gasteiger partial charge in [-0.1, -0.05) is 24.3 Å². The van der Waals surface area contributed by atoms with E-state index in [-0.39, 0.29) is 35.6 Å². The monoisotopic (exact) mass is 456 g/mol. The molecule has 0 aromatic heterocycles. The van der Waals surface area contributed by atoms with Gasteiger partial charge in [-0.05, 0) is 22.9 Å². The van der Waals surface area contributed by atoms with Gasteiger partial charge >= 0.3 is 0 Å². The molecule has 6 heteroatoms. The molecule has 0 spiro atoms. The highest BCUT2D eigenvalue weighted by Gasteiger charge is 2.24. The lowest BCUT2D eigenvalue weighted by Crippen LogP contribution is -3.00. The number of hydrogen-bond donors (Lipinski definition) is 2. The molecule has 2 N–H and O–H groups in total. The number of benzene rings is 2. The maximum absolute atomic E-state index is 12.3. The van der Waals surface area contributed by atoms with Crippen molar-refractivity contribution in [2.45, 2.75) is 6.42 Å². The second kappa shape index (κ2) is 8.82. The zero-order chi connectivity index (χ0) is 17.0. The number of nitrogens with zero attached hydrogens (tertiary/aromatic N) is 1. The van der Waals surface area contributed by atoms with Crippen LogP contribution in [0.1, 0.15) is 16.8 Å². The summed E-state index contributed by atoms with van der Waals surface area (Å²) in [5, 5.41) is 14.9. The Morgan fingerprint density at radius 1 is 1.20 bits per heavy atom. The zero-order valence-corrected chi connectivity index (χ0v) is 16.7. The first kappa shape index (κ1) is 19.9. The third kappa shape index (κ3) is 5.05. The SMILES string of the molecule is C[N+]1(CCCNC(=O)c2cc3ccccc3cc2O)CCOCC1.[I-]. The molecule has 0 unspecified atom stereocenters. The molecule has 0 radical (unpaired) electrons. The quantitative estimate of drug-likeness (QED) is 0.350. The Labute approximate surface area is 165 Å². The summed E-state index contributed by atoms with van der Waals surface area (Å²) in [6.07, 6.45) is 0.913. The van der Waals surface area contributed by atoms with Gasteiger partial charge in [0.05, 0.1) is 32.4 Å². The van der Waals surface area contributed by atoms with Crippen LogP contribution in [0.25, 0.3) is 10.8 Å². The van der Waals surface area contributed by atoms with E-state index in [0.29, 0.717) is 12.1 Å². The predicted molar refractivity (Wildman–Crippen MR) is 94.2 cm³/mol. The molecule has 0 atom stereocenters. The van der Waals surface area contributed by atoms with E-state index in [4.69, 9.17) is 4.74 Å². The number of fused-ring (bicyclic) bond motifs is 1. The standard InChI is InChI=1S/C19H24N2O3.HI/c1-21(9-11-24-12-10-21)8-4-7-20-19(23)17-13-15-5-2-3-6-16(15)14-18(17)22;/h2-3,5-6,13-14H,4,7-12H2,1H3,(H-,20,22,23);1H. The Kier molecular flexibility index (Phi) is 7.04. The molecule has 5 nitrogen and oxygen atoms in total. The summed E-state index contributed by atoms with van der Waals surface area (Å²) >= 11 is 0. The summed E-state index contributed by atoms with van der Waals surface area (Å²) in [6.45, 7) is 5.31. The largest absolute Gasteiger partial charge is 1.00 e. The number of phenols is 1. The molecule has 136 valence electrons. The van der Waals surface area contributed by atoms with Crippen molar-refractivity contribution < 1.29 is 43.1 Å². The van der Waals surface area contributed by atoms with E-state index in [1.165, 1.54) is 0 Å². The molecule has 1 fully saturated rings. The molecule has 2 aromatic carbocycles. The average molecular weight is 456 g/mol. The third-order valence-corrected chi connectivity index (χ3v) is 4.82. The third-order valence-electron chi connectivity index (χ3n) is 4.82. The highest BCUT2D eigenvalue weighted by atomic mass is 127. The van der Waals surface area contributed by atoms with E-state index in [2.05, 4.69) is 12.4 Å². The number of hydrogen-bond acceptors (Lipinski definition) is 3. The zero-order valence-electron chi connectivity index (χ0n) is 14.5. The maximum atomic E-state index is 12.3. The Balaban J connectivity index is 0.00000225. The Morgan fingerprint density at radius 3 is 2.52 bits per heavy atom. The van der Waals surface area contributed by atoms with E-state index in [1.807, 2.05) is 24.3 Å². The van der Waals surface area contributed by atoms with E-state index in [0.717, 1.165) is 54.5 Å². The van der Waals surface area contributed by atoms with Crippen molar-refractivity contribution in [2.75, 3.05) is 46.4 Å². The van der Waals surface area contributed by atoms with E-state index >= 15 is 0 Å². The van der Waals surface area contributed by atoms with Crippen LogP contribution in [0.15, 0.2) is 36.4 Å². The fraction of sp³-hybridized carbons (Fsp3) is 0.421. The molecule has 1 aliphatic rings. The molecule has 1 aliphatic heterocycles. The predicted octanol–water partition coefficient (Wildman–Crippen LogP) is -0.854. The first-order valence-electron chi connectivity index (χ1n) is 8.49. The topological polar surface area (TPSA) is 58.6 Å². The molecule has 1 heterocycles. The van der Waals surface area contributed by atoms with Gasteiger partial charge in [0, 0.05) is 13.0 Å². The number of likely N-dealkylation sites (N-methyl/N-ethyl adjacent to an activating group) is 1. The number of halogens is 1. The molecule has 1 amide bonds. The fourth-order valence-electron chi connectivity index (χ4n) is 3.18. The van der Waals surface area contributed by atoms with Crippen LogP contribution in [-0.4, -0.2) is 61.9 Å². The van der Waals surface area contributed by atoms with Gasteiger partial charge in [-0.25, -0.2) is 0 Å². The minimum Gasteiger partial charge on any atom is -1.00 e. The van der Waals surface area contributed by atoms with Crippen LogP contribution < -0.4 is 29.3 Å². The number of amides is 1. The smallest absolute Gasteiger partial charge is 0.255 e. The summed E-state index contributed by atoms with van der Waals surface area (Å²) in [6, 6.07) is 11.1. The van der Waals surface area contributed by atoms with Crippen LogP contribution >= 0.6 is 0 Å². The van der Waals surface area contributed by atoms with Gasteiger partial charge in [-0.15, -0.1) is 0 Å². The van der Waals surface area contributed by atoms with Gasteiger partial charge in [0.2, 0.25) is 0 Å². The van der Waals surface area contributed by atoms with E-state index in [1.54, 1.807) is 12.1 Å². The molecular weight excluding hydrogens is 431 g/mol. The van der Waals surface area contributed by atoms with Crippen LogP contribution in [-0.2, 0) is 4.74 Å². The number of phenolic OH excluding ortho intramolecular Hbond substituents is 1. The van der Waals surface area contributed by atoms with Crippen LogP contribution in [0.4, 0.5) is 0 Å². The van der Waals surface area contributed by atoms with E-state index in [9.17, 15) is 9.90 Å². The summed E-state index contributed by atoms with van der Waals surface area (Å²) in [4.78, 5) is 12.3. The van der Waals surface area contributed by atoms with Crippen LogP contribution in [0.2, 0.25) is 0 Å². The number of ether oxygens (including phenoxy) is 1. The van der Waals surface area contributed by atoms with Gasteiger partial charge < -0.3 is 43.6 Å². The van der Waals surface area contributed by atoms with E-state index < -0.39 is 0 Å². The average Bonchev–Trinajstić information content (AvgIpc) is 2.58. The molecule has 0 bridgehead atoms. The number of aromatic hydroxyl groups is 1. The molecule has 25 heavy (non-hydrogen) atoms. The molecule has 1 saturated heterocycles. The molecule has 2 aromatic rings. The fourth-order valence-corrected chi connectivity index (χ4v) is 3.18. The van der Waals surface area contributed by atoms with Gasteiger partial charge in [0.1, 0.15) is 18.8 Å². The molecular formula is C19H25IN2O3. The lowest BCUT2D eigenvalue weighted by Gasteiger charge is -2.37. The van der Waals surface area contributed by atoms with Crippen LogP contribution in [0.5, 0.6) is 5.75 Å². The van der Waals surface area contributed by atoms with Gasteiger partial charge in [0.25, 0.3) is 5.91 Å². The van der Waals surface area contributed by atoms with Crippen LogP contribution in [0, 0.1) is 0 Å². The minimum absolute atomic E-state index is 0. The van der Waals surface area contributed by atoms with Crippen molar-refractivity contribution in [2.24, 2.45) is 0 Å². The summed E-state index contributed by atoms with van der Waals surface area (Å²) < 4.78 is 6.40. The summed E-state index contributed by atoms with van der Waals surface area (Å²) in [7, 11) is 2.24. The minimum atomic E-state index is -0.220. The Bertz CT molecular complexity index is 730. The summed E-state index contributed by atoms with van der Waals surface area (Å²) in [5.74, 6) is -0.193. The van der Waals surface area contributed by atoms with Crippen molar-refractivity contribution in [3.8, 4) is 5.75 Å². The second-order valence-electron chi connectivity index (χ2n) is 6.73. The van der Waals surface area contributed by atoms with Crippen LogP contribution in [0.3, 0.4) is 0 Å². The second-order valence-corrected chi connectivity index (χ2v) is 6.73. The van der Waals surface area contributed by atoms with Gasteiger partial charge in [-0.2, -0.15) is 0 Å². The number of nitrogens with one attached hydrogen (secondary N) is 1. The first-order chi connectivity index (χ1) is 11.6. The Hall–Kier alpha value is -1.38. The highest BCUT2D eigenvalue weighted by Crippen LogP contribution is 2.24. The van der Waals surface area contributed by atoms with Crippen molar-refractivity contribution in [3.63, 3.8) is 0 Å². The number of rotatable bonds is 5. The normalized spacial score (nSPS) is 16.2. The number of morpholine rings is 1. The van der Waals surface area contributed by atoms with Gasteiger partial charge in [0.15, 0.2) is 0 Å². The molecule has 0 saturated carbocycles. The van der Waals surface area contributed by atoms with Gasteiger partial charge in [-0.3, -0.25) is 4.79 Å². The highest BCUT2D eigenvalue weighted by molar-refractivity contribution is 6.01. The lowest BCUT2D eigenvalue weighted by molar-refractivity contribution is -0.916.